The third-order valence-electron chi connectivity index (χ3n) is 4.23. The molecule has 0 unspecified atom stereocenters. The Hall–Kier alpha value is -2.18. The first-order chi connectivity index (χ1) is 10.7. The van der Waals surface area contributed by atoms with Crippen molar-refractivity contribution in [3.05, 3.63) is 48.5 Å². The third-order valence-corrected chi connectivity index (χ3v) is 4.23. The fourth-order valence-corrected chi connectivity index (χ4v) is 2.98. The summed E-state index contributed by atoms with van der Waals surface area (Å²) >= 11 is 0. The van der Waals surface area contributed by atoms with Crippen molar-refractivity contribution in [2.24, 2.45) is 5.73 Å². The molecular weight excluding hydrogens is 314 g/mol. The molecule has 120 valence electrons. The Kier molecular flexibility index (Phi) is 4.19. The van der Waals surface area contributed by atoms with Crippen molar-refractivity contribution in [3.63, 3.8) is 0 Å². The molecule has 0 radical (unpaired) electrons. The molecule has 3 aromatic rings. The van der Waals surface area contributed by atoms with E-state index in [2.05, 4.69) is 15.2 Å². The molecule has 7 heteroatoms. The Morgan fingerprint density at radius 1 is 1.17 bits per heavy atom. The molecule has 23 heavy (non-hydrogen) atoms. The fourth-order valence-electron chi connectivity index (χ4n) is 2.98. The second-order valence-corrected chi connectivity index (χ2v) is 5.79. The highest BCUT2D eigenvalue weighted by Gasteiger charge is 2.36. The van der Waals surface area contributed by atoms with Crippen molar-refractivity contribution in [1.29, 1.82) is 0 Å². The number of hydrogen-bond donors (Lipinski definition) is 1. The molecule has 0 saturated heterocycles. The van der Waals surface area contributed by atoms with E-state index < -0.39 is 5.54 Å². The van der Waals surface area contributed by atoms with Crippen LogP contribution in [0.3, 0.4) is 0 Å². The van der Waals surface area contributed by atoms with Crippen LogP contribution in [0.2, 0.25) is 0 Å². The molecule has 6 nitrogen and oxygen atoms in total. The van der Waals surface area contributed by atoms with Gasteiger partial charge in [0.25, 0.3) is 5.89 Å². The zero-order valence-corrected chi connectivity index (χ0v) is 13.4. The maximum absolute atomic E-state index is 6.38. The van der Waals surface area contributed by atoms with E-state index in [1.54, 1.807) is 10.9 Å². The van der Waals surface area contributed by atoms with Gasteiger partial charge >= 0.3 is 0 Å². The molecule has 1 fully saturated rings. The van der Waals surface area contributed by atoms with Gasteiger partial charge in [-0.2, -0.15) is 10.1 Å². The van der Waals surface area contributed by atoms with Gasteiger partial charge in [0.05, 0.1) is 11.2 Å². The Balaban J connectivity index is 0.00000156. The lowest BCUT2D eigenvalue weighted by atomic mass is 9.99. The lowest BCUT2D eigenvalue weighted by molar-refractivity contribution is 0.372. The van der Waals surface area contributed by atoms with E-state index >= 15 is 0 Å². The van der Waals surface area contributed by atoms with E-state index in [-0.39, 0.29) is 12.4 Å². The predicted molar refractivity (Wildman–Crippen MR) is 88.4 cm³/mol. The van der Waals surface area contributed by atoms with Gasteiger partial charge in [-0.15, -0.1) is 12.4 Å². The number of hydrogen-bond acceptors (Lipinski definition) is 5. The van der Waals surface area contributed by atoms with Crippen LogP contribution in [-0.2, 0) is 5.54 Å². The number of nitrogens with zero attached hydrogens (tertiary/aromatic N) is 4. The molecule has 2 aromatic heterocycles. The maximum Gasteiger partial charge on any atom is 0.258 e. The summed E-state index contributed by atoms with van der Waals surface area (Å²) in [5.41, 5.74) is 7.77. The quantitative estimate of drug-likeness (QED) is 0.797. The minimum absolute atomic E-state index is 0. The highest BCUT2D eigenvalue weighted by Crippen LogP contribution is 2.35. The van der Waals surface area contributed by atoms with E-state index in [0.717, 1.165) is 36.9 Å². The lowest BCUT2D eigenvalue weighted by Gasteiger charge is -2.17. The predicted octanol–water partition coefficient (Wildman–Crippen LogP) is 3.07. The molecule has 1 aliphatic carbocycles. The first kappa shape index (κ1) is 15.7. The average molecular weight is 332 g/mol. The average Bonchev–Trinajstić information content (AvgIpc) is 3.29. The van der Waals surface area contributed by atoms with Gasteiger partial charge in [-0.25, -0.2) is 4.68 Å². The summed E-state index contributed by atoms with van der Waals surface area (Å²) in [5, 5.41) is 8.34. The van der Waals surface area contributed by atoms with Crippen molar-refractivity contribution in [3.8, 4) is 17.1 Å². The lowest BCUT2D eigenvalue weighted by Crippen LogP contribution is -2.34. The molecule has 1 aliphatic rings. The zero-order valence-electron chi connectivity index (χ0n) is 12.6. The summed E-state index contributed by atoms with van der Waals surface area (Å²) in [6.07, 6.45) is 7.71. The van der Waals surface area contributed by atoms with Crippen LogP contribution in [0.5, 0.6) is 0 Å². The van der Waals surface area contributed by atoms with Crippen LogP contribution in [0, 0.1) is 0 Å². The molecule has 0 bridgehead atoms. The number of rotatable bonds is 3. The van der Waals surface area contributed by atoms with Crippen LogP contribution in [0.1, 0.15) is 31.5 Å². The van der Waals surface area contributed by atoms with Crippen LogP contribution in [-0.4, -0.2) is 19.9 Å². The molecule has 4 rings (SSSR count). The Morgan fingerprint density at radius 3 is 2.74 bits per heavy atom. The van der Waals surface area contributed by atoms with Crippen LogP contribution < -0.4 is 5.73 Å². The number of benzene rings is 1. The van der Waals surface area contributed by atoms with E-state index in [1.807, 2.05) is 36.5 Å². The standard InChI is InChI=1S/C16H17N5O.ClH/c17-16(7-1-2-8-16)15-19-14(22-20-15)12-5-3-6-13(11-12)21-10-4-9-18-21;/h3-6,9-11H,1-2,7-8,17H2;1H. The topological polar surface area (TPSA) is 82.8 Å². The molecule has 0 amide bonds. The highest BCUT2D eigenvalue weighted by molar-refractivity contribution is 5.85. The largest absolute Gasteiger partial charge is 0.334 e. The second kappa shape index (κ2) is 6.14. The summed E-state index contributed by atoms with van der Waals surface area (Å²) in [6, 6.07) is 9.74. The van der Waals surface area contributed by atoms with Gasteiger partial charge < -0.3 is 10.3 Å². The van der Waals surface area contributed by atoms with Crippen molar-refractivity contribution < 1.29 is 4.52 Å². The van der Waals surface area contributed by atoms with Gasteiger partial charge in [0.1, 0.15) is 0 Å². The van der Waals surface area contributed by atoms with Gasteiger partial charge in [-0.1, -0.05) is 24.1 Å². The Labute approximate surface area is 140 Å². The monoisotopic (exact) mass is 331 g/mol. The molecule has 0 aliphatic heterocycles. The Morgan fingerprint density at radius 2 is 2.00 bits per heavy atom. The Bertz CT molecular complexity index is 777. The number of halogens is 1. The summed E-state index contributed by atoms with van der Waals surface area (Å²) in [4.78, 5) is 4.52. The van der Waals surface area contributed by atoms with E-state index in [4.69, 9.17) is 10.3 Å². The van der Waals surface area contributed by atoms with Crippen molar-refractivity contribution >= 4 is 12.4 Å². The minimum atomic E-state index is -0.429. The second-order valence-electron chi connectivity index (χ2n) is 5.79. The summed E-state index contributed by atoms with van der Waals surface area (Å²) in [6.45, 7) is 0. The van der Waals surface area contributed by atoms with Gasteiger partial charge in [-0.05, 0) is 37.1 Å². The summed E-state index contributed by atoms with van der Waals surface area (Å²) in [5.74, 6) is 1.12. The van der Waals surface area contributed by atoms with Crippen molar-refractivity contribution in [2.45, 2.75) is 31.2 Å². The third kappa shape index (κ3) is 2.87. The van der Waals surface area contributed by atoms with Gasteiger partial charge in [0, 0.05) is 18.0 Å². The zero-order chi connectivity index (χ0) is 15.0. The first-order valence-electron chi connectivity index (χ1n) is 7.48. The van der Waals surface area contributed by atoms with Crippen LogP contribution >= 0.6 is 12.4 Å². The molecule has 2 heterocycles. The maximum atomic E-state index is 6.38. The van der Waals surface area contributed by atoms with Crippen molar-refractivity contribution in [2.75, 3.05) is 0 Å². The highest BCUT2D eigenvalue weighted by atomic mass is 35.5. The molecule has 0 spiro atoms. The summed E-state index contributed by atoms with van der Waals surface area (Å²) in [7, 11) is 0. The van der Waals surface area contributed by atoms with Crippen LogP contribution in [0.15, 0.2) is 47.2 Å². The minimum Gasteiger partial charge on any atom is -0.334 e. The molecule has 1 saturated carbocycles. The fraction of sp³-hybridized carbons (Fsp3) is 0.312. The number of aromatic nitrogens is 4. The normalized spacial score (nSPS) is 16.2. The molecular formula is C16H18ClN5O. The molecule has 0 atom stereocenters. The molecule has 1 aromatic carbocycles. The van der Waals surface area contributed by atoms with E-state index in [1.165, 1.54) is 0 Å². The first-order valence-corrected chi connectivity index (χ1v) is 7.48. The van der Waals surface area contributed by atoms with Gasteiger partial charge in [0.15, 0.2) is 5.82 Å². The summed E-state index contributed by atoms with van der Waals surface area (Å²) < 4.78 is 7.22. The molecule has 2 N–H and O–H groups in total. The van der Waals surface area contributed by atoms with Gasteiger partial charge in [-0.3, -0.25) is 0 Å². The van der Waals surface area contributed by atoms with Crippen molar-refractivity contribution in [1.82, 2.24) is 19.9 Å². The van der Waals surface area contributed by atoms with Gasteiger partial charge in [0.2, 0.25) is 0 Å². The van der Waals surface area contributed by atoms with Crippen LogP contribution in [0.25, 0.3) is 17.1 Å². The number of nitrogens with two attached hydrogens (primary N) is 1. The van der Waals surface area contributed by atoms with Crippen LogP contribution in [0.4, 0.5) is 0 Å². The van der Waals surface area contributed by atoms with E-state index in [0.29, 0.717) is 11.7 Å². The van der Waals surface area contributed by atoms with E-state index in [9.17, 15) is 0 Å². The smallest absolute Gasteiger partial charge is 0.258 e. The SMILES string of the molecule is Cl.NC1(c2noc(-c3cccc(-n4cccn4)c3)n2)CCCC1.